The smallest absolute Gasteiger partial charge is 0.0614 e. The molecule has 1 saturated carbocycles. The van der Waals surface area contributed by atoms with E-state index in [1.165, 1.54) is 37.7 Å². The van der Waals surface area contributed by atoms with Crippen LogP contribution < -0.4 is 0 Å². The van der Waals surface area contributed by atoms with Gasteiger partial charge >= 0.3 is 0 Å². The van der Waals surface area contributed by atoms with Gasteiger partial charge in [-0.2, -0.15) is 0 Å². The summed E-state index contributed by atoms with van der Waals surface area (Å²) >= 11 is 0. The summed E-state index contributed by atoms with van der Waals surface area (Å²) in [6.07, 6.45) is 10.2. The van der Waals surface area contributed by atoms with E-state index in [4.69, 9.17) is 5.11 Å². The van der Waals surface area contributed by atoms with Crippen LogP contribution in [0.4, 0.5) is 0 Å². The fourth-order valence-corrected chi connectivity index (χ4v) is 5.27. The zero-order valence-electron chi connectivity index (χ0n) is 14.9. The highest BCUT2D eigenvalue weighted by Gasteiger charge is 2.51. The second-order valence-corrected chi connectivity index (χ2v) is 8.17. The van der Waals surface area contributed by atoms with Crippen LogP contribution in [0.15, 0.2) is 22.8 Å². The Kier molecular flexibility index (Phi) is 5.55. The van der Waals surface area contributed by atoms with E-state index in [0.717, 1.165) is 12.8 Å². The van der Waals surface area contributed by atoms with Crippen molar-refractivity contribution in [3.63, 3.8) is 0 Å². The zero-order chi connectivity index (χ0) is 16.4. The SMILES string of the molecule is CC(=CCO)CCC1=C(C)CC[C@H]2[C@@](C)(CO)CCC[C@]12C. The first-order valence-corrected chi connectivity index (χ1v) is 8.94. The average Bonchev–Trinajstić information content (AvgIpc) is 2.46. The molecule has 0 heterocycles. The lowest BCUT2D eigenvalue weighted by Crippen LogP contribution is -2.48. The third-order valence-electron chi connectivity index (χ3n) is 6.64. The van der Waals surface area contributed by atoms with E-state index in [9.17, 15) is 5.11 Å². The number of allylic oxidation sites excluding steroid dienone is 3. The quantitative estimate of drug-likeness (QED) is 0.728. The minimum atomic E-state index is 0.0922. The summed E-state index contributed by atoms with van der Waals surface area (Å²) < 4.78 is 0. The molecule has 2 aliphatic carbocycles. The number of fused-ring (bicyclic) bond motifs is 1. The van der Waals surface area contributed by atoms with Crippen molar-refractivity contribution in [1.82, 2.24) is 0 Å². The highest BCUT2D eigenvalue weighted by Crippen LogP contribution is 2.60. The monoisotopic (exact) mass is 306 g/mol. The molecule has 0 aromatic rings. The van der Waals surface area contributed by atoms with Gasteiger partial charge in [0.25, 0.3) is 0 Å². The molecule has 22 heavy (non-hydrogen) atoms. The molecule has 2 nitrogen and oxygen atoms in total. The predicted molar refractivity (Wildman–Crippen MR) is 92.7 cm³/mol. The van der Waals surface area contributed by atoms with Gasteiger partial charge in [-0.15, -0.1) is 0 Å². The van der Waals surface area contributed by atoms with Gasteiger partial charge in [0.2, 0.25) is 0 Å². The maximum atomic E-state index is 9.99. The van der Waals surface area contributed by atoms with Gasteiger partial charge in [0.1, 0.15) is 0 Å². The van der Waals surface area contributed by atoms with Crippen LogP contribution in [0, 0.1) is 16.7 Å². The molecule has 0 unspecified atom stereocenters. The van der Waals surface area contributed by atoms with Crippen molar-refractivity contribution in [2.45, 2.75) is 72.6 Å². The first-order chi connectivity index (χ1) is 10.4. The van der Waals surface area contributed by atoms with E-state index in [1.54, 1.807) is 11.1 Å². The Morgan fingerprint density at radius 1 is 1.27 bits per heavy atom. The molecule has 0 aromatic heterocycles. The lowest BCUT2D eigenvalue weighted by molar-refractivity contribution is -0.0388. The summed E-state index contributed by atoms with van der Waals surface area (Å²) in [4.78, 5) is 0. The molecule has 3 atom stereocenters. The van der Waals surface area contributed by atoms with Crippen LogP contribution in [0.1, 0.15) is 72.6 Å². The second-order valence-electron chi connectivity index (χ2n) is 8.17. The molecule has 1 fully saturated rings. The fraction of sp³-hybridized carbons (Fsp3) is 0.800. The lowest BCUT2D eigenvalue weighted by atomic mass is 9.49. The summed E-state index contributed by atoms with van der Waals surface area (Å²) in [5.74, 6) is 0.611. The van der Waals surface area contributed by atoms with Gasteiger partial charge in [-0.3, -0.25) is 0 Å². The van der Waals surface area contributed by atoms with Crippen LogP contribution >= 0.6 is 0 Å². The molecule has 0 amide bonds. The minimum Gasteiger partial charge on any atom is -0.396 e. The van der Waals surface area contributed by atoms with Gasteiger partial charge < -0.3 is 10.2 Å². The molecular weight excluding hydrogens is 272 g/mol. The average molecular weight is 306 g/mol. The number of aliphatic hydroxyl groups is 2. The van der Waals surface area contributed by atoms with E-state index < -0.39 is 0 Å². The molecule has 0 bridgehead atoms. The molecule has 2 rings (SSSR count). The summed E-state index contributed by atoms with van der Waals surface area (Å²) in [5, 5.41) is 19.0. The Balaban J connectivity index is 2.26. The summed E-state index contributed by atoms with van der Waals surface area (Å²) in [7, 11) is 0. The van der Waals surface area contributed by atoms with E-state index in [0.29, 0.717) is 12.5 Å². The Morgan fingerprint density at radius 2 is 2.00 bits per heavy atom. The van der Waals surface area contributed by atoms with Gasteiger partial charge in [-0.05, 0) is 69.1 Å². The Labute approximate surface area is 136 Å². The summed E-state index contributed by atoms with van der Waals surface area (Å²) in [5.41, 5.74) is 4.87. The molecule has 0 aromatic carbocycles. The maximum Gasteiger partial charge on any atom is 0.0614 e. The van der Waals surface area contributed by atoms with Gasteiger partial charge in [0, 0.05) is 6.61 Å². The van der Waals surface area contributed by atoms with Crippen LogP contribution in [0.25, 0.3) is 0 Å². The van der Waals surface area contributed by atoms with E-state index in [1.807, 2.05) is 6.08 Å². The van der Waals surface area contributed by atoms with Crippen LogP contribution in [0.3, 0.4) is 0 Å². The number of aliphatic hydroxyl groups excluding tert-OH is 2. The maximum absolute atomic E-state index is 9.99. The molecule has 2 heteroatoms. The normalized spacial score (nSPS) is 36.5. The second kappa shape index (κ2) is 6.88. The predicted octanol–water partition coefficient (Wildman–Crippen LogP) is 4.62. The van der Waals surface area contributed by atoms with Crippen molar-refractivity contribution in [3.8, 4) is 0 Å². The molecule has 2 N–H and O–H groups in total. The van der Waals surface area contributed by atoms with Crippen molar-refractivity contribution < 1.29 is 10.2 Å². The number of rotatable bonds is 5. The third kappa shape index (κ3) is 3.19. The van der Waals surface area contributed by atoms with Gasteiger partial charge in [-0.25, -0.2) is 0 Å². The molecular formula is C20H34O2. The largest absolute Gasteiger partial charge is 0.396 e. The Bertz CT molecular complexity index is 462. The Hall–Kier alpha value is -0.600. The van der Waals surface area contributed by atoms with Crippen molar-refractivity contribution in [2.24, 2.45) is 16.7 Å². The van der Waals surface area contributed by atoms with Crippen LogP contribution in [0.5, 0.6) is 0 Å². The third-order valence-corrected chi connectivity index (χ3v) is 6.64. The number of hydrogen-bond acceptors (Lipinski definition) is 2. The molecule has 0 spiro atoms. The molecule has 2 aliphatic rings. The van der Waals surface area contributed by atoms with Crippen molar-refractivity contribution in [1.29, 1.82) is 0 Å². The standard InChI is InChI=1S/C20H34O2/c1-15(10-13-21)6-8-17-16(2)7-9-18-19(3,14-22)11-5-12-20(17,18)4/h10,18,21-22H,5-9,11-14H2,1-4H3/t18-,19+,20+/m0/s1. The van der Waals surface area contributed by atoms with Crippen molar-refractivity contribution in [2.75, 3.05) is 13.2 Å². The molecule has 0 saturated heterocycles. The first-order valence-electron chi connectivity index (χ1n) is 8.94. The molecule has 126 valence electrons. The highest BCUT2D eigenvalue weighted by molar-refractivity contribution is 5.28. The topological polar surface area (TPSA) is 40.5 Å². The molecule has 0 radical (unpaired) electrons. The van der Waals surface area contributed by atoms with Gasteiger partial charge in [-0.1, -0.05) is 43.1 Å². The lowest BCUT2D eigenvalue weighted by Gasteiger charge is -2.56. The van der Waals surface area contributed by atoms with Crippen molar-refractivity contribution in [3.05, 3.63) is 22.8 Å². The van der Waals surface area contributed by atoms with Crippen LogP contribution in [-0.4, -0.2) is 23.4 Å². The highest BCUT2D eigenvalue weighted by atomic mass is 16.3. The summed E-state index contributed by atoms with van der Waals surface area (Å²) in [6, 6.07) is 0. The van der Waals surface area contributed by atoms with Crippen LogP contribution in [-0.2, 0) is 0 Å². The molecule has 0 aliphatic heterocycles. The fourth-order valence-electron chi connectivity index (χ4n) is 5.27. The minimum absolute atomic E-state index is 0.0922. The Morgan fingerprint density at radius 3 is 2.64 bits per heavy atom. The number of hydrogen-bond donors (Lipinski definition) is 2. The zero-order valence-corrected chi connectivity index (χ0v) is 14.9. The van der Waals surface area contributed by atoms with Crippen molar-refractivity contribution >= 4 is 0 Å². The van der Waals surface area contributed by atoms with Gasteiger partial charge in [0.15, 0.2) is 0 Å². The van der Waals surface area contributed by atoms with Crippen LogP contribution in [0.2, 0.25) is 0 Å². The van der Waals surface area contributed by atoms with E-state index >= 15 is 0 Å². The summed E-state index contributed by atoms with van der Waals surface area (Å²) in [6.45, 7) is 9.65. The first kappa shape index (κ1) is 17.7. The van der Waals surface area contributed by atoms with E-state index in [-0.39, 0.29) is 17.4 Å². The van der Waals surface area contributed by atoms with Gasteiger partial charge in [0.05, 0.1) is 6.61 Å². The van der Waals surface area contributed by atoms with E-state index in [2.05, 4.69) is 27.7 Å².